The van der Waals surface area contributed by atoms with E-state index in [1.54, 1.807) is 20.3 Å². The highest BCUT2D eigenvalue weighted by atomic mass is 16.5. The molecule has 3 rings (SSSR count). The van der Waals surface area contributed by atoms with Crippen LogP contribution in [0.2, 0.25) is 0 Å². The average Bonchev–Trinajstić information content (AvgIpc) is 2.65. The molecular weight excluding hydrogens is 302 g/mol. The normalized spacial score (nSPS) is 23.8. The van der Waals surface area contributed by atoms with Crippen LogP contribution in [0.15, 0.2) is 24.3 Å². The second-order valence-corrected chi connectivity index (χ2v) is 6.77. The Morgan fingerprint density at radius 1 is 1.04 bits per heavy atom. The van der Waals surface area contributed by atoms with Gasteiger partial charge in [-0.1, -0.05) is 12.8 Å². The third-order valence-corrected chi connectivity index (χ3v) is 5.32. The number of carbonyl (C=O) groups excluding carboxylic acids is 1. The second kappa shape index (κ2) is 7.73. The number of piperidine rings is 1. The van der Waals surface area contributed by atoms with Crippen LogP contribution in [-0.2, 0) is 4.79 Å². The fraction of sp³-hybridized carbons (Fsp3) is 0.550. The van der Waals surface area contributed by atoms with Crippen LogP contribution >= 0.6 is 0 Å². The quantitative estimate of drug-likeness (QED) is 0.787. The molecule has 0 N–H and O–H groups in total. The summed E-state index contributed by atoms with van der Waals surface area (Å²) < 4.78 is 10.6. The number of rotatable bonds is 4. The Morgan fingerprint density at radius 2 is 1.71 bits per heavy atom. The number of fused-ring (bicyclic) bond motifs is 1. The molecule has 1 aliphatic heterocycles. The molecule has 1 aliphatic carbocycles. The smallest absolute Gasteiger partial charge is 0.246 e. The SMILES string of the molecule is COc1cc(/C=C/C(=O)N2CCCC3CCCCC32)cc(OC)c1. The summed E-state index contributed by atoms with van der Waals surface area (Å²) in [6, 6.07) is 6.10. The molecule has 1 heterocycles. The van der Waals surface area contributed by atoms with Crippen LogP contribution in [0.4, 0.5) is 0 Å². The van der Waals surface area contributed by atoms with Crippen molar-refractivity contribution in [3.63, 3.8) is 0 Å². The van der Waals surface area contributed by atoms with E-state index in [0.717, 1.165) is 36.4 Å². The highest BCUT2D eigenvalue weighted by molar-refractivity contribution is 5.92. The minimum absolute atomic E-state index is 0.133. The van der Waals surface area contributed by atoms with Crippen LogP contribution in [0.1, 0.15) is 44.1 Å². The number of hydrogen-bond acceptors (Lipinski definition) is 3. The van der Waals surface area contributed by atoms with Gasteiger partial charge in [0, 0.05) is 24.7 Å². The molecule has 2 unspecified atom stereocenters. The zero-order chi connectivity index (χ0) is 16.9. The largest absolute Gasteiger partial charge is 0.497 e. The van der Waals surface area contributed by atoms with Gasteiger partial charge in [-0.2, -0.15) is 0 Å². The number of amides is 1. The lowest BCUT2D eigenvalue weighted by Crippen LogP contribution is -2.49. The van der Waals surface area contributed by atoms with Crippen molar-refractivity contribution >= 4 is 12.0 Å². The summed E-state index contributed by atoms with van der Waals surface area (Å²) in [4.78, 5) is 14.8. The number of nitrogens with zero attached hydrogens (tertiary/aromatic N) is 1. The van der Waals surface area contributed by atoms with Crippen molar-refractivity contribution in [2.45, 2.75) is 44.6 Å². The van der Waals surface area contributed by atoms with E-state index >= 15 is 0 Å². The van der Waals surface area contributed by atoms with E-state index in [4.69, 9.17) is 9.47 Å². The average molecular weight is 329 g/mol. The highest BCUT2D eigenvalue weighted by Gasteiger charge is 2.34. The Hall–Kier alpha value is -1.97. The van der Waals surface area contributed by atoms with E-state index in [1.807, 2.05) is 24.3 Å². The number of carbonyl (C=O) groups is 1. The van der Waals surface area contributed by atoms with Crippen molar-refractivity contribution < 1.29 is 14.3 Å². The van der Waals surface area contributed by atoms with E-state index in [-0.39, 0.29) is 5.91 Å². The molecular formula is C20H27NO3. The third-order valence-electron chi connectivity index (χ3n) is 5.32. The first-order valence-electron chi connectivity index (χ1n) is 8.93. The van der Waals surface area contributed by atoms with Gasteiger partial charge in [-0.15, -0.1) is 0 Å². The molecule has 1 saturated heterocycles. The van der Waals surface area contributed by atoms with Crippen LogP contribution in [0.5, 0.6) is 11.5 Å². The predicted molar refractivity (Wildman–Crippen MR) is 95.3 cm³/mol. The Morgan fingerprint density at radius 3 is 2.42 bits per heavy atom. The van der Waals surface area contributed by atoms with E-state index in [1.165, 1.54) is 25.7 Å². The van der Waals surface area contributed by atoms with Crippen molar-refractivity contribution in [2.24, 2.45) is 5.92 Å². The van der Waals surface area contributed by atoms with Crippen LogP contribution < -0.4 is 9.47 Å². The van der Waals surface area contributed by atoms with E-state index in [2.05, 4.69) is 4.90 Å². The van der Waals surface area contributed by atoms with Gasteiger partial charge in [0.1, 0.15) is 11.5 Å². The standard InChI is InChI=1S/C20H27NO3/c1-23-17-12-15(13-18(14-17)24-2)9-10-20(22)21-11-5-7-16-6-3-4-8-19(16)21/h9-10,12-14,16,19H,3-8,11H2,1-2H3/b10-9+. The fourth-order valence-corrected chi connectivity index (χ4v) is 4.09. The molecule has 1 aromatic rings. The summed E-state index contributed by atoms with van der Waals surface area (Å²) >= 11 is 0. The van der Waals surface area contributed by atoms with Gasteiger partial charge in [-0.25, -0.2) is 0 Å². The van der Waals surface area contributed by atoms with Crippen LogP contribution in [0.3, 0.4) is 0 Å². The van der Waals surface area contributed by atoms with Crippen LogP contribution in [0, 0.1) is 5.92 Å². The summed E-state index contributed by atoms with van der Waals surface area (Å²) in [6.45, 7) is 0.895. The molecule has 4 heteroatoms. The summed E-state index contributed by atoms with van der Waals surface area (Å²) in [7, 11) is 3.26. The Kier molecular flexibility index (Phi) is 5.44. The van der Waals surface area contributed by atoms with Gasteiger partial charge in [0.25, 0.3) is 0 Å². The number of likely N-dealkylation sites (tertiary alicyclic amines) is 1. The molecule has 4 nitrogen and oxygen atoms in total. The van der Waals surface area contributed by atoms with Crippen molar-refractivity contribution in [3.8, 4) is 11.5 Å². The molecule has 1 aromatic carbocycles. The maximum Gasteiger partial charge on any atom is 0.246 e. The monoisotopic (exact) mass is 329 g/mol. The van der Waals surface area contributed by atoms with Crippen molar-refractivity contribution in [3.05, 3.63) is 29.8 Å². The lowest BCUT2D eigenvalue weighted by atomic mass is 9.78. The summed E-state index contributed by atoms with van der Waals surface area (Å²) in [6.07, 6.45) is 11.0. The number of methoxy groups -OCH3 is 2. The Labute approximate surface area is 144 Å². The van der Waals surface area contributed by atoms with Gasteiger partial charge in [0.05, 0.1) is 14.2 Å². The molecule has 0 aromatic heterocycles. The zero-order valence-electron chi connectivity index (χ0n) is 14.7. The molecule has 0 radical (unpaired) electrons. The molecule has 2 aliphatic rings. The van der Waals surface area contributed by atoms with E-state index in [0.29, 0.717) is 12.0 Å². The summed E-state index contributed by atoms with van der Waals surface area (Å²) in [5.74, 6) is 2.30. The second-order valence-electron chi connectivity index (χ2n) is 6.77. The maximum absolute atomic E-state index is 12.7. The molecule has 24 heavy (non-hydrogen) atoms. The number of ether oxygens (including phenoxy) is 2. The Bertz CT molecular complexity index is 587. The fourth-order valence-electron chi connectivity index (χ4n) is 4.09. The van der Waals surface area contributed by atoms with Gasteiger partial charge in [-0.3, -0.25) is 4.79 Å². The maximum atomic E-state index is 12.7. The first kappa shape index (κ1) is 16.9. The van der Waals surface area contributed by atoms with Crippen molar-refractivity contribution in [1.82, 2.24) is 4.90 Å². The van der Waals surface area contributed by atoms with E-state index in [9.17, 15) is 4.79 Å². The van der Waals surface area contributed by atoms with Gasteiger partial charge in [0.2, 0.25) is 5.91 Å². The topological polar surface area (TPSA) is 38.8 Å². The molecule has 0 spiro atoms. The van der Waals surface area contributed by atoms with Gasteiger partial charge >= 0.3 is 0 Å². The van der Waals surface area contributed by atoms with Gasteiger partial charge in [0.15, 0.2) is 0 Å². The van der Waals surface area contributed by atoms with Crippen LogP contribution in [-0.4, -0.2) is 37.6 Å². The summed E-state index contributed by atoms with van der Waals surface area (Å²) in [5.41, 5.74) is 0.914. The van der Waals surface area contributed by atoms with E-state index < -0.39 is 0 Å². The molecule has 2 atom stereocenters. The molecule has 0 bridgehead atoms. The predicted octanol–water partition coefficient (Wildman–Crippen LogP) is 3.90. The molecule has 130 valence electrons. The highest BCUT2D eigenvalue weighted by Crippen LogP contribution is 2.35. The molecule has 2 fully saturated rings. The first-order valence-corrected chi connectivity index (χ1v) is 8.93. The molecule has 1 amide bonds. The van der Waals surface area contributed by atoms with Crippen molar-refractivity contribution in [2.75, 3.05) is 20.8 Å². The summed E-state index contributed by atoms with van der Waals surface area (Å²) in [5, 5.41) is 0. The molecule has 1 saturated carbocycles. The third kappa shape index (κ3) is 3.74. The van der Waals surface area contributed by atoms with Gasteiger partial charge in [-0.05, 0) is 55.4 Å². The van der Waals surface area contributed by atoms with Crippen molar-refractivity contribution in [1.29, 1.82) is 0 Å². The Balaban J connectivity index is 1.72. The minimum Gasteiger partial charge on any atom is -0.497 e. The van der Waals surface area contributed by atoms with Crippen LogP contribution in [0.25, 0.3) is 6.08 Å². The lowest BCUT2D eigenvalue weighted by Gasteiger charge is -2.43. The van der Waals surface area contributed by atoms with Gasteiger partial charge < -0.3 is 14.4 Å². The first-order chi connectivity index (χ1) is 11.7. The number of benzene rings is 1. The zero-order valence-corrected chi connectivity index (χ0v) is 14.7. The minimum atomic E-state index is 0.133. The lowest BCUT2D eigenvalue weighted by molar-refractivity contribution is -0.132. The number of hydrogen-bond donors (Lipinski definition) is 0.